The number of nitrogens with zero attached hydrogens (tertiary/aromatic N) is 1. The van der Waals surface area contributed by atoms with Gasteiger partial charge in [0, 0.05) is 11.6 Å². The topological polar surface area (TPSA) is 86.2 Å². The molecule has 0 bridgehead atoms. The van der Waals surface area contributed by atoms with Gasteiger partial charge < -0.3 is 14.2 Å². The van der Waals surface area contributed by atoms with Crippen molar-refractivity contribution in [3.63, 3.8) is 0 Å². The van der Waals surface area contributed by atoms with Crippen LogP contribution in [0.1, 0.15) is 5.56 Å². The molecule has 0 amide bonds. The Morgan fingerprint density at radius 1 is 1.09 bits per heavy atom. The molecule has 1 aromatic carbocycles. The number of benzene rings is 1. The van der Waals surface area contributed by atoms with Crippen molar-refractivity contribution < 1.29 is 22.6 Å². The second-order valence-corrected chi connectivity index (χ2v) is 7.07. The van der Waals surface area contributed by atoms with Gasteiger partial charge in [0.15, 0.2) is 11.5 Å². The molecule has 0 radical (unpaired) electrons. The van der Waals surface area contributed by atoms with E-state index in [1.807, 2.05) is 0 Å². The third-order valence-electron chi connectivity index (χ3n) is 2.87. The summed E-state index contributed by atoms with van der Waals surface area (Å²) in [5.41, 5.74) is 0.541. The monoisotopic (exact) mass is 356 g/mol. The molecule has 0 atom stereocenters. The molecule has 0 aliphatic carbocycles. The summed E-state index contributed by atoms with van der Waals surface area (Å²) in [6.07, 6.45) is 1.34. The van der Waals surface area contributed by atoms with E-state index in [0.717, 1.165) is 11.3 Å². The summed E-state index contributed by atoms with van der Waals surface area (Å²) < 4.78 is 39.8. The molecule has 7 nitrogen and oxygen atoms in total. The van der Waals surface area contributed by atoms with Crippen LogP contribution in [0.5, 0.6) is 17.2 Å². The highest BCUT2D eigenvalue weighted by Crippen LogP contribution is 2.33. The van der Waals surface area contributed by atoms with Crippen molar-refractivity contribution >= 4 is 27.6 Å². The molecular weight excluding hydrogens is 340 g/mol. The SMILES string of the molecule is COc1cc(OC)c(OC)cc1/C=N/NS(=O)(=O)c1cccs1. The van der Waals surface area contributed by atoms with Crippen LogP contribution in [0.25, 0.3) is 0 Å². The Labute approximate surface area is 138 Å². The molecule has 0 saturated carbocycles. The van der Waals surface area contributed by atoms with Crippen molar-refractivity contribution in [2.45, 2.75) is 4.21 Å². The zero-order valence-corrected chi connectivity index (χ0v) is 14.4. The molecule has 9 heteroatoms. The molecule has 23 heavy (non-hydrogen) atoms. The minimum absolute atomic E-state index is 0.189. The van der Waals surface area contributed by atoms with Crippen molar-refractivity contribution in [1.29, 1.82) is 0 Å². The second kappa shape index (κ2) is 7.34. The van der Waals surface area contributed by atoms with Crippen LogP contribution in [0, 0.1) is 0 Å². The standard InChI is InChI=1S/C14H16N2O5S2/c1-19-11-8-13(21-3)12(20-2)7-10(11)9-15-16-23(17,18)14-5-4-6-22-14/h4-9,16H,1-3H3/b15-9+. The predicted molar refractivity (Wildman–Crippen MR) is 88.3 cm³/mol. The first kappa shape index (κ1) is 17.1. The van der Waals surface area contributed by atoms with E-state index in [2.05, 4.69) is 9.93 Å². The molecule has 0 spiro atoms. The van der Waals surface area contributed by atoms with Crippen molar-refractivity contribution in [2.75, 3.05) is 21.3 Å². The molecule has 1 heterocycles. The van der Waals surface area contributed by atoms with E-state index in [1.54, 1.807) is 23.6 Å². The van der Waals surface area contributed by atoms with Gasteiger partial charge >= 0.3 is 0 Å². The Kier molecular flexibility index (Phi) is 5.45. The van der Waals surface area contributed by atoms with Crippen molar-refractivity contribution in [1.82, 2.24) is 4.83 Å². The predicted octanol–water partition coefficient (Wildman–Crippen LogP) is 2.09. The number of hydrazone groups is 1. The second-order valence-electron chi connectivity index (χ2n) is 4.23. The minimum atomic E-state index is -3.66. The van der Waals surface area contributed by atoms with Gasteiger partial charge in [-0.3, -0.25) is 0 Å². The van der Waals surface area contributed by atoms with Gasteiger partial charge in [-0.1, -0.05) is 6.07 Å². The van der Waals surface area contributed by atoms with E-state index >= 15 is 0 Å². The number of hydrogen-bond acceptors (Lipinski definition) is 7. The van der Waals surface area contributed by atoms with Crippen LogP contribution in [0.2, 0.25) is 0 Å². The Morgan fingerprint density at radius 3 is 2.30 bits per heavy atom. The summed E-state index contributed by atoms with van der Waals surface area (Å²) in [4.78, 5) is 2.15. The van der Waals surface area contributed by atoms with E-state index in [-0.39, 0.29) is 4.21 Å². The van der Waals surface area contributed by atoms with Crippen LogP contribution in [0.3, 0.4) is 0 Å². The maximum Gasteiger partial charge on any atom is 0.286 e. The number of ether oxygens (including phenoxy) is 3. The molecule has 0 unspecified atom stereocenters. The number of thiophene rings is 1. The summed E-state index contributed by atoms with van der Waals surface area (Å²) >= 11 is 1.11. The third-order valence-corrected chi connectivity index (χ3v) is 5.49. The maximum absolute atomic E-state index is 12.0. The lowest BCUT2D eigenvalue weighted by molar-refractivity contribution is 0.349. The Morgan fingerprint density at radius 2 is 1.74 bits per heavy atom. The molecule has 2 rings (SSSR count). The van der Waals surface area contributed by atoms with E-state index < -0.39 is 10.0 Å². The van der Waals surface area contributed by atoms with E-state index in [4.69, 9.17) is 14.2 Å². The highest BCUT2D eigenvalue weighted by atomic mass is 32.2. The summed E-state index contributed by atoms with van der Waals surface area (Å²) in [6, 6.07) is 6.42. The molecular formula is C14H16N2O5S2. The number of nitrogens with one attached hydrogen (secondary N) is 1. The average Bonchev–Trinajstić information content (AvgIpc) is 3.09. The summed E-state index contributed by atoms with van der Waals surface area (Å²) in [5.74, 6) is 1.46. The lowest BCUT2D eigenvalue weighted by Gasteiger charge is -2.11. The van der Waals surface area contributed by atoms with Crippen LogP contribution in [-0.4, -0.2) is 36.0 Å². The van der Waals surface area contributed by atoms with Gasteiger partial charge in [-0.2, -0.15) is 18.4 Å². The van der Waals surface area contributed by atoms with Crippen LogP contribution < -0.4 is 19.0 Å². The lowest BCUT2D eigenvalue weighted by atomic mass is 10.2. The van der Waals surface area contributed by atoms with Gasteiger partial charge in [-0.05, 0) is 17.5 Å². The molecule has 1 aromatic heterocycles. The first-order valence-electron chi connectivity index (χ1n) is 6.40. The Hall–Kier alpha value is -2.26. The zero-order chi connectivity index (χ0) is 16.9. The quantitative estimate of drug-likeness (QED) is 0.606. The molecule has 0 aliphatic rings. The van der Waals surface area contributed by atoms with E-state index in [9.17, 15) is 8.42 Å². The van der Waals surface area contributed by atoms with Crippen LogP contribution in [0.4, 0.5) is 0 Å². The Balaban J connectivity index is 2.25. The van der Waals surface area contributed by atoms with Crippen LogP contribution in [-0.2, 0) is 10.0 Å². The van der Waals surface area contributed by atoms with E-state index in [1.165, 1.54) is 33.6 Å². The first-order chi connectivity index (χ1) is 11.0. The van der Waals surface area contributed by atoms with Crippen LogP contribution >= 0.6 is 11.3 Å². The fourth-order valence-corrected chi connectivity index (χ4v) is 3.55. The average molecular weight is 356 g/mol. The minimum Gasteiger partial charge on any atom is -0.496 e. The highest BCUT2D eigenvalue weighted by molar-refractivity contribution is 7.91. The number of rotatable bonds is 7. The molecule has 124 valence electrons. The number of sulfonamides is 1. The summed E-state index contributed by atoms with van der Waals surface area (Å²) in [7, 11) is 0.852. The maximum atomic E-state index is 12.0. The van der Waals surface area contributed by atoms with Gasteiger partial charge in [0.2, 0.25) is 0 Å². The number of hydrogen-bond donors (Lipinski definition) is 1. The fourth-order valence-electron chi connectivity index (χ4n) is 1.78. The Bertz CT molecular complexity index is 786. The van der Waals surface area contributed by atoms with Gasteiger partial charge in [0.25, 0.3) is 10.0 Å². The highest BCUT2D eigenvalue weighted by Gasteiger charge is 2.14. The fraction of sp³-hybridized carbons (Fsp3) is 0.214. The normalized spacial score (nSPS) is 11.4. The summed E-state index contributed by atoms with van der Waals surface area (Å²) in [5, 5.41) is 5.45. The molecule has 0 fully saturated rings. The largest absolute Gasteiger partial charge is 0.496 e. The van der Waals surface area contributed by atoms with Crippen LogP contribution in [0.15, 0.2) is 39.0 Å². The van der Waals surface area contributed by atoms with Gasteiger partial charge in [0.05, 0.1) is 27.5 Å². The molecule has 0 saturated heterocycles. The van der Waals surface area contributed by atoms with Gasteiger partial charge in [0.1, 0.15) is 9.96 Å². The smallest absolute Gasteiger partial charge is 0.286 e. The number of methoxy groups -OCH3 is 3. The van der Waals surface area contributed by atoms with E-state index in [0.29, 0.717) is 22.8 Å². The van der Waals surface area contributed by atoms with Gasteiger partial charge in [-0.15, -0.1) is 11.3 Å². The van der Waals surface area contributed by atoms with Crippen molar-refractivity contribution in [2.24, 2.45) is 5.10 Å². The molecule has 2 aromatic rings. The zero-order valence-electron chi connectivity index (χ0n) is 12.8. The molecule has 1 N–H and O–H groups in total. The molecule has 0 aliphatic heterocycles. The van der Waals surface area contributed by atoms with Gasteiger partial charge in [-0.25, -0.2) is 0 Å². The first-order valence-corrected chi connectivity index (χ1v) is 8.76. The lowest BCUT2D eigenvalue weighted by Crippen LogP contribution is -2.17. The summed E-state index contributed by atoms with van der Waals surface area (Å²) in [6.45, 7) is 0. The third kappa shape index (κ3) is 3.93. The van der Waals surface area contributed by atoms with Crippen molar-refractivity contribution in [3.05, 3.63) is 35.2 Å². The van der Waals surface area contributed by atoms with Crippen molar-refractivity contribution in [3.8, 4) is 17.2 Å².